The van der Waals surface area contributed by atoms with Crippen LogP contribution in [0.3, 0.4) is 0 Å². The Morgan fingerprint density at radius 2 is 2.36 bits per heavy atom. The van der Waals surface area contributed by atoms with Crippen LogP contribution in [0.4, 0.5) is 0 Å². The van der Waals surface area contributed by atoms with Crippen LogP contribution in [0.25, 0.3) is 10.9 Å². The maximum absolute atomic E-state index is 11.5. The molecule has 0 saturated heterocycles. The minimum atomic E-state index is -0.0475. The molecule has 0 aliphatic heterocycles. The molecule has 0 atom stereocenters. The number of hydrogen-bond donors (Lipinski definition) is 1. The van der Waals surface area contributed by atoms with Crippen LogP contribution in [-0.2, 0) is 6.54 Å². The molecule has 0 spiro atoms. The van der Waals surface area contributed by atoms with Gasteiger partial charge >= 0.3 is 0 Å². The van der Waals surface area contributed by atoms with E-state index in [1.807, 2.05) is 29.8 Å². The third-order valence-corrected chi connectivity index (χ3v) is 2.13. The van der Waals surface area contributed by atoms with E-state index >= 15 is 0 Å². The van der Waals surface area contributed by atoms with Crippen molar-refractivity contribution in [2.24, 2.45) is 0 Å². The van der Waals surface area contributed by atoms with Gasteiger partial charge in [-0.3, -0.25) is 4.79 Å². The first-order chi connectivity index (χ1) is 6.68. The first-order valence-corrected chi connectivity index (χ1v) is 4.49. The zero-order valence-electron chi connectivity index (χ0n) is 8.08. The maximum atomic E-state index is 11.5. The molecule has 0 radical (unpaired) electrons. The fraction of sp³-hybridized carbons (Fsp3) is 0.182. The third-order valence-electron chi connectivity index (χ3n) is 2.13. The second kappa shape index (κ2) is 3.18. The summed E-state index contributed by atoms with van der Waals surface area (Å²) < 4.78 is 1.91. The Labute approximate surface area is 81.7 Å². The molecule has 2 rings (SSSR count). The van der Waals surface area contributed by atoms with Crippen LogP contribution < -0.4 is 5.56 Å². The van der Waals surface area contributed by atoms with Gasteiger partial charge in [0, 0.05) is 24.3 Å². The Kier molecular flexibility index (Phi) is 2.00. The summed E-state index contributed by atoms with van der Waals surface area (Å²) in [5.74, 6) is 0. The topological polar surface area (TPSA) is 37.8 Å². The lowest BCUT2D eigenvalue weighted by atomic mass is 10.3. The van der Waals surface area contributed by atoms with Crippen molar-refractivity contribution < 1.29 is 0 Å². The number of nitrogens with zero attached hydrogens (tertiary/aromatic N) is 1. The van der Waals surface area contributed by atoms with Gasteiger partial charge in [0.1, 0.15) is 5.52 Å². The normalized spacial score (nSPS) is 10.6. The summed E-state index contributed by atoms with van der Waals surface area (Å²) in [4.78, 5) is 14.2. The summed E-state index contributed by atoms with van der Waals surface area (Å²) >= 11 is 0. The molecule has 1 N–H and O–H groups in total. The number of allylic oxidation sites excluding steroid dienone is 1. The number of pyridine rings is 1. The molecular formula is C11H12N2O. The van der Waals surface area contributed by atoms with Gasteiger partial charge < -0.3 is 9.55 Å². The molecule has 72 valence electrons. The quantitative estimate of drug-likeness (QED) is 0.718. The van der Waals surface area contributed by atoms with E-state index in [9.17, 15) is 4.79 Å². The summed E-state index contributed by atoms with van der Waals surface area (Å²) in [7, 11) is 0. The minimum absolute atomic E-state index is 0.0475. The molecule has 2 heterocycles. The highest BCUT2D eigenvalue weighted by molar-refractivity contribution is 5.78. The average molecular weight is 188 g/mol. The van der Waals surface area contributed by atoms with Gasteiger partial charge in [-0.2, -0.15) is 0 Å². The molecule has 0 bridgehead atoms. The maximum Gasteiger partial charge on any atom is 0.272 e. The molecule has 0 aliphatic rings. The Hall–Kier alpha value is -1.77. The van der Waals surface area contributed by atoms with E-state index in [4.69, 9.17) is 0 Å². The lowest BCUT2D eigenvalue weighted by Crippen LogP contribution is -2.10. The number of fused-ring (bicyclic) bond motifs is 1. The fourth-order valence-corrected chi connectivity index (χ4v) is 1.58. The van der Waals surface area contributed by atoms with Gasteiger partial charge in [0.05, 0.1) is 0 Å². The van der Waals surface area contributed by atoms with Gasteiger partial charge in [0.15, 0.2) is 0 Å². The van der Waals surface area contributed by atoms with Crippen molar-refractivity contribution in [1.82, 2.24) is 9.55 Å². The number of nitrogens with one attached hydrogen (secondary N) is 1. The number of H-pyrrole nitrogens is 1. The minimum Gasteiger partial charge on any atom is -0.339 e. The molecule has 3 nitrogen and oxygen atoms in total. The molecule has 0 aromatic carbocycles. The van der Waals surface area contributed by atoms with Crippen LogP contribution in [-0.4, -0.2) is 9.55 Å². The number of aromatic nitrogens is 2. The van der Waals surface area contributed by atoms with Gasteiger partial charge in [0.25, 0.3) is 5.56 Å². The van der Waals surface area contributed by atoms with Crippen molar-refractivity contribution >= 4 is 10.9 Å². The highest BCUT2D eigenvalue weighted by Crippen LogP contribution is 2.11. The number of rotatable bonds is 2. The Balaban J connectivity index is 2.67. The average Bonchev–Trinajstić information content (AvgIpc) is 2.49. The summed E-state index contributed by atoms with van der Waals surface area (Å²) in [6.45, 7) is 6.47. The van der Waals surface area contributed by atoms with E-state index in [0.29, 0.717) is 6.54 Å². The van der Waals surface area contributed by atoms with Crippen molar-refractivity contribution in [2.75, 3.05) is 0 Å². The molecule has 0 aliphatic carbocycles. The summed E-state index contributed by atoms with van der Waals surface area (Å²) in [5.41, 5.74) is 1.70. The van der Waals surface area contributed by atoms with E-state index in [1.54, 1.807) is 6.20 Å². The highest BCUT2D eigenvalue weighted by atomic mass is 16.1. The molecular weight excluding hydrogens is 176 g/mol. The van der Waals surface area contributed by atoms with Crippen LogP contribution in [0.5, 0.6) is 0 Å². The van der Waals surface area contributed by atoms with Crippen LogP contribution in [0.1, 0.15) is 6.92 Å². The van der Waals surface area contributed by atoms with Crippen molar-refractivity contribution in [3.05, 3.63) is 47.0 Å². The van der Waals surface area contributed by atoms with E-state index in [-0.39, 0.29) is 5.56 Å². The van der Waals surface area contributed by atoms with Crippen molar-refractivity contribution in [3.63, 3.8) is 0 Å². The molecule has 0 amide bonds. The highest BCUT2D eigenvalue weighted by Gasteiger charge is 2.03. The van der Waals surface area contributed by atoms with Gasteiger partial charge in [-0.15, -0.1) is 0 Å². The van der Waals surface area contributed by atoms with Crippen molar-refractivity contribution in [2.45, 2.75) is 13.5 Å². The summed E-state index contributed by atoms with van der Waals surface area (Å²) in [5, 5.41) is 0.968. The van der Waals surface area contributed by atoms with Gasteiger partial charge in [0.2, 0.25) is 0 Å². The monoisotopic (exact) mass is 188 g/mol. The molecule has 3 heteroatoms. The lowest BCUT2D eigenvalue weighted by Gasteiger charge is -2.02. The van der Waals surface area contributed by atoms with Crippen LogP contribution >= 0.6 is 0 Å². The Bertz CT molecular complexity index is 533. The standard InChI is InChI=1S/C11H12N2O/c1-8(2)7-13-6-4-9-3-5-12-11(14)10(9)13/h3-6H,1,7H2,2H3,(H,12,14). The molecule has 2 aromatic heterocycles. The van der Waals surface area contributed by atoms with E-state index in [0.717, 1.165) is 16.5 Å². The fourth-order valence-electron chi connectivity index (χ4n) is 1.58. The molecule has 14 heavy (non-hydrogen) atoms. The molecule has 0 saturated carbocycles. The SMILES string of the molecule is C=C(C)Cn1ccc2cc[nH]c(=O)c21. The van der Waals surface area contributed by atoms with Crippen LogP contribution in [0.15, 0.2) is 41.5 Å². The smallest absolute Gasteiger partial charge is 0.272 e. The number of aromatic amines is 1. The van der Waals surface area contributed by atoms with Crippen LogP contribution in [0, 0.1) is 0 Å². The van der Waals surface area contributed by atoms with Crippen LogP contribution in [0.2, 0.25) is 0 Å². The van der Waals surface area contributed by atoms with Gasteiger partial charge in [-0.1, -0.05) is 12.2 Å². The molecule has 2 aromatic rings. The molecule has 0 unspecified atom stereocenters. The number of hydrogen-bond acceptors (Lipinski definition) is 1. The Morgan fingerprint density at radius 1 is 1.57 bits per heavy atom. The van der Waals surface area contributed by atoms with Gasteiger partial charge in [-0.25, -0.2) is 0 Å². The second-order valence-corrected chi connectivity index (χ2v) is 3.51. The van der Waals surface area contributed by atoms with Crippen molar-refractivity contribution in [1.29, 1.82) is 0 Å². The first-order valence-electron chi connectivity index (χ1n) is 4.49. The summed E-state index contributed by atoms with van der Waals surface area (Å²) in [6, 6.07) is 3.83. The van der Waals surface area contributed by atoms with Gasteiger partial charge in [-0.05, 0) is 19.1 Å². The second-order valence-electron chi connectivity index (χ2n) is 3.51. The molecule has 0 fully saturated rings. The predicted molar refractivity (Wildman–Crippen MR) is 57.4 cm³/mol. The Morgan fingerprint density at radius 3 is 3.07 bits per heavy atom. The van der Waals surface area contributed by atoms with Crippen molar-refractivity contribution in [3.8, 4) is 0 Å². The third kappa shape index (κ3) is 1.37. The first kappa shape index (κ1) is 8.81. The predicted octanol–water partition coefficient (Wildman–Crippen LogP) is 1.91. The summed E-state index contributed by atoms with van der Waals surface area (Å²) in [6.07, 6.45) is 3.57. The van der Waals surface area contributed by atoms with E-state index < -0.39 is 0 Å². The zero-order valence-corrected chi connectivity index (χ0v) is 8.08. The van der Waals surface area contributed by atoms with E-state index in [1.165, 1.54) is 0 Å². The van der Waals surface area contributed by atoms with E-state index in [2.05, 4.69) is 11.6 Å². The lowest BCUT2D eigenvalue weighted by molar-refractivity contribution is 0.817. The zero-order chi connectivity index (χ0) is 10.1. The largest absolute Gasteiger partial charge is 0.339 e.